The third-order valence-electron chi connectivity index (χ3n) is 2.49. The van der Waals surface area contributed by atoms with Crippen LogP contribution in [0.3, 0.4) is 0 Å². The second kappa shape index (κ2) is 6.81. The summed E-state index contributed by atoms with van der Waals surface area (Å²) in [6.45, 7) is 4.03. The Hall–Kier alpha value is -0.810. The summed E-state index contributed by atoms with van der Waals surface area (Å²) in [7, 11) is -0.817. The summed E-state index contributed by atoms with van der Waals surface area (Å²) in [4.78, 5) is 4.07. The van der Waals surface area contributed by atoms with Gasteiger partial charge in [0.15, 0.2) is 0 Å². The maximum atomic E-state index is 12.8. The van der Waals surface area contributed by atoms with E-state index in [1.165, 1.54) is 12.3 Å². The molecule has 0 amide bonds. The summed E-state index contributed by atoms with van der Waals surface area (Å²) >= 11 is 0. The van der Waals surface area contributed by atoms with Crippen molar-refractivity contribution >= 4 is 10.8 Å². The molecule has 0 spiro atoms. The molecule has 0 aliphatic rings. The zero-order chi connectivity index (χ0) is 12.8. The number of pyridine rings is 1. The van der Waals surface area contributed by atoms with E-state index in [9.17, 15) is 8.60 Å². The fourth-order valence-electron chi connectivity index (χ4n) is 1.75. The van der Waals surface area contributed by atoms with E-state index in [4.69, 9.17) is 0 Å². The Bertz CT molecular complexity index is 369. The highest BCUT2D eigenvalue weighted by Gasteiger charge is 2.14. The number of nitrogens with zero attached hydrogens (tertiary/aromatic N) is 1. The van der Waals surface area contributed by atoms with E-state index in [0.717, 1.165) is 12.1 Å². The maximum Gasteiger partial charge on any atom is 0.141 e. The predicted octanol–water partition coefficient (Wildman–Crippen LogP) is 2.03. The normalized spacial score (nSPS) is 16.5. The van der Waals surface area contributed by atoms with Crippen molar-refractivity contribution < 1.29 is 8.60 Å². The van der Waals surface area contributed by atoms with E-state index in [-0.39, 0.29) is 17.9 Å². The Kier molecular flexibility index (Phi) is 5.71. The molecule has 0 radical (unpaired) electrons. The van der Waals surface area contributed by atoms with Gasteiger partial charge in [0.1, 0.15) is 5.82 Å². The van der Waals surface area contributed by atoms with E-state index in [1.807, 2.05) is 13.8 Å². The minimum atomic E-state index is -0.817. The first-order valence-corrected chi connectivity index (χ1v) is 7.43. The lowest BCUT2D eigenvalue weighted by atomic mass is 10.1. The third kappa shape index (κ3) is 4.91. The molecule has 17 heavy (non-hydrogen) atoms. The van der Waals surface area contributed by atoms with Crippen LogP contribution in [0.5, 0.6) is 0 Å². The van der Waals surface area contributed by atoms with Crippen LogP contribution in [-0.4, -0.2) is 27.2 Å². The number of aromatic nitrogens is 1. The van der Waals surface area contributed by atoms with Crippen LogP contribution in [0.25, 0.3) is 0 Å². The molecule has 3 nitrogen and oxygen atoms in total. The van der Waals surface area contributed by atoms with Gasteiger partial charge in [-0.1, -0.05) is 6.92 Å². The van der Waals surface area contributed by atoms with Crippen LogP contribution in [0.2, 0.25) is 0 Å². The Morgan fingerprint density at radius 3 is 2.71 bits per heavy atom. The first-order chi connectivity index (χ1) is 8.02. The van der Waals surface area contributed by atoms with E-state index < -0.39 is 10.8 Å². The summed E-state index contributed by atoms with van der Waals surface area (Å²) in [6, 6.07) is 3.33. The average molecular weight is 258 g/mol. The highest BCUT2D eigenvalue weighted by Crippen LogP contribution is 2.15. The highest BCUT2D eigenvalue weighted by atomic mass is 32.2. The SMILES string of the molecule is CCC(NC(C)CS(C)=O)c1ccc(F)cn1. The van der Waals surface area contributed by atoms with Crippen molar-refractivity contribution in [3.8, 4) is 0 Å². The van der Waals surface area contributed by atoms with Crippen LogP contribution in [0.4, 0.5) is 4.39 Å². The molecule has 0 aliphatic heterocycles. The number of halogens is 1. The van der Waals surface area contributed by atoms with Gasteiger partial charge < -0.3 is 5.32 Å². The number of nitrogens with one attached hydrogen (secondary N) is 1. The molecule has 0 bridgehead atoms. The third-order valence-corrected chi connectivity index (χ3v) is 3.46. The van der Waals surface area contributed by atoms with Crippen LogP contribution in [-0.2, 0) is 10.8 Å². The lowest BCUT2D eigenvalue weighted by Gasteiger charge is -2.21. The van der Waals surface area contributed by atoms with Crippen LogP contribution in [0.15, 0.2) is 18.3 Å². The quantitative estimate of drug-likeness (QED) is 0.849. The summed E-state index contributed by atoms with van der Waals surface area (Å²) in [6.07, 6.45) is 3.77. The van der Waals surface area contributed by atoms with Gasteiger partial charge in [-0.15, -0.1) is 0 Å². The van der Waals surface area contributed by atoms with Gasteiger partial charge in [-0.25, -0.2) is 4.39 Å². The standard InChI is InChI=1S/C12H19FN2OS/c1-4-11(15-9(2)8-17(3)16)12-6-5-10(13)7-14-12/h5-7,9,11,15H,4,8H2,1-3H3. The van der Waals surface area contributed by atoms with Gasteiger partial charge in [0, 0.05) is 34.9 Å². The zero-order valence-electron chi connectivity index (χ0n) is 10.4. The van der Waals surface area contributed by atoms with Gasteiger partial charge in [0.05, 0.1) is 11.9 Å². The molecule has 0 saturated carbocycles. The number of hydrogen-bond donors (Lipinski definition) is 1. The molecule has 1 aromatic rings. The maximum absolute atomic E-state index is 12.8. The Balaban J connectivity index is 2.65. The average Bonchev–Trinajstić information content (AvgIpc) is 2.26. The van der Waals surface area contributed by atoms with Crippen molar-refractivity contribution in [2.45, 2.75) is 32.4 Å². The second-order valence-corrected chi connectivity index (χ2v) is 5.65. The Morgan fingerprint density at radius 1 is 1.53 bits per heavy atom. The fraction of sp³-hybridized carbons (Fsp3) is 0.583. The first-order valence-electron chi connectivity index (χ1n) is 5.70. The minimum absolute atomic E-state index is 0.0779. The highest BCUT2D eigenvalue weighted by molar-refractivity contribution is 7.84. The minimum Gasteiger partial charge on any atom is -0.305 e. The van der Waals surface area contributed by atoms with Gasteiger partial charge in [-0.05, 0) is 25.5 Å². The van der Waals surface area contributed by atoms with Crippen LogP contribution >= 0.6 is 0 Å². The lowest BCUT2D eigenvalue weighted by molar-refractivity contribution is 0.458. The van der Waals surface area contributed by atoms with Gasteiger partial charge in [-0.2, -0.15) is 0 Å². The summed E-state index contributed by atoms with van der Waals surface area (Å²) in [5, 5.41) is 3.36. The van der Waals surface area contributed by atoms with E-state index >= 15 is 0 Å². The van der Waals surface area contributed by atoms with Crippen LogP contribution in [0, 0.1) is 5.82 Å². The molecule has 96 valence electrons. The molecule has 0 aliphatic carbocycles. The predicted molar refractivity (Wildman–Crippen MR) is 68.8 cm³/mol. The molecule has 0 saturated heterocycles. The molecular formula is C12H19FN2OS. The van der Waals surface area contributed by atoms with Crippen LogP contribution in [0.1, 0.15) is 32.0 Å². The van der Waals surface area contributed by atoms with Crippen LogP contribution < -0.4 is 5.32 Å². The van der Waals surface area contributed by atoms with E-state index in [1.54, 1.807) is 12.3 Å². The molecule has 0 fully saturated rings. The smallest absolute Gasteiger partial charge is 0.141 e. The largest absolute Gasteiger partial charge is 0.305 e. The van der Waals surface area contributed by atoms with Crippen molar-refractivity contribution in [1.29, 1.82) is 0 Å². The molecule has 1 rings (SSSR count). The molecule has 5 heteroatoms. The second-order valence-electron chi connectivity index (χ2n) is 4.17. The van der Waals surface area contributed by atoms with Crippen molar-refractivity contribution in [3.63, 3.8) is 0 Å². The zero-order valence-corrected chi connectivity index (χ0v) is 11.3. The molecule has 3 unspecified atom stereocenters. The van der Waals surface area contributed by atoms with Crippen molar-refractivity contribution in [2.24, 2.45) is 0 Å². The molecule has 1 N–H and O–H groups in total. The van der Waals surface area contributed by atoms with E-state index in [2.05, 4.69) is 10.3 Å². The Labute approximate surface area is 104 Å². The molecule has 3 atom stereocenters. The fourth-order valence-corrected chi connectivity index (χ4v) is 2.55. The summed E-state index contributed by atoms with van der Waals surface area (Å²) < 4.78 is 23.9. The van der Waals surface area contributed by atoms with E-state index in [0.29, 0.717) is 5.75 Å². The van der Waals surface area contributed by atoms with Gasteiger partial charge >= 0.3 is 0 Å². The van der Waals surface area contributed by atoms with Gasteiger partial charge in [0.2, 0.25) is 0 Å². The van der Waals surface area contributed by atoms with Crippen molar-refractivity contribution in [2.75, 3.05) is 12.0 Å². The molecule has 1 heterocycles. The topological polar surface area (TPSA) is 42.0 Å². The molecular weight excluding hydrogens is 239 g/mol. The summed E-state index contributed by atoms with van der Waals surface area (Å²) in [5.74, 6) is 0.281. The number of rotatable bonds is 6. The first kappa shape index (κ1) is 14.3. The monoisotopic (exact) mass is 258 g/mol. The van der Waals surface area contributed by atoms with Crippen molar-refractivity contribution in [3.05, 3.63) is 29.8 Å². The van der Waals surface area contributed by atoms with Gasteiger partial charge in [0.25, 0.3) is 0 Å². The Morgan fingerprint density at radius 2 is 2.24 bits per heavy atom. The van der Waals surface area contributed by atoms with Gasteiger partial charge in [-0.3, -0.25) is 9.19 Å². The molecule has 0 aromatic carbocycles. The number of hydrogen-bond acceptors (Lipinski definition) is 3. The lowest BCUT2D eigenvalue weighted by Crippen LogP contribution is -2.34. The van der Waals surface area contributed by atoms with Crippen molar-refractivity contribution in [1.82, 2.24) is 10.3 Å². The molecule has 1 aromatic heterocycles. The summed E-state index contributed by atoms with van der Waals surface area (Å²) in [5.41, 5.74) is 0.822.